The van der Waals surface area contributed by atoms with Gasteiger partial charge in [-0.3, -0.25) is 14.3 Å². The summed E-state index contributed by atoms with van der Waals surface area (Å²) < 4.78 is 6.72. The number of carbonyl (C=O) groups excluding carboxylic acids is 2. The van der Waals surface area contributed by atoms with Crippen LogP contribution in [0.5, 0.6) is 0 Å². The average Bonchev–Trinajstić information content (AvgIpc) is 3.13. The fraction of sp³-hybridized carbons (Fsp3) is 0.467. The van der Waals surface area contributed by atoms with E-state index in [1.165, 1.54) is 16.0 Å². The first-order chi connectivity index (χ1) is 11.5. The predicted molar refractivity (Wildman–Crippen MR) is 89.2 cm³/mol. The van der Waals surface area contributed by atoms with E-state index in [-0.39, 0.29) is 18.4 Å². The maximum absolute atomic E-state index is 12.6. The molecule has 0 atom stereocenters. The number of nitrogens with zero attached hydrogens (tertiary/aromatic N) is 4. The lowest BCUT2D eigenvalue weighted by atomic mass is 10.3. The van der Waals surface area contributed by atoms with Crippen molar-refractivity contribution >= 4 is 28.3 Å². The van der Waals surface area contributed by atoms with Crippen molar-refractivity contribution in [3.8, 4) is 0 Å². The molecular formula is C15H19N5O3S. The number of carbonyl (C=O) groups is 2. The van der Waals surface area contributed by atoms with E-state index in [2.05, 4.69) is 15.4 Å². The highest BCUT2D eigenvalue weighted by atomic mass is 32.1. The second-order valence-corrected chi connectivity index (χ2v) is 6.43. The molecule has 3 heterocycles. The molecule has 1 aliphatic heterocycles. The molecule has 0 unspecified atom stereocenters. The van der Waals surface area contributed by atoms with Crippen molar-refractivity contribution < 1.29 is 14.3 Å². The summed E-state index contributed by atoms with van der Waals surface area (Å²) in [5.41, 5.74) is 1.97. The summed E-state index contributed by atoms with van der Waals surface area (Å²) in [4.78, 5) is 30.8. The first-order valence-electron chi connectivity index (χ1n) is 7.66. The molecule has 2 amide bonds. The summed E-state index contributed by atoms with van der Waals surface area (Å²) in [7, 11) is 0. The van der Waals surface area contributed by atoms with E-state index in [1.807, 2.05) is 12.3 Å². The number of anilines is 1. The molecule has 8 nitrogen and oxygen atoms in total. The Bertz CT molecular complexity index is 748. The number of hydrogen-bond donors (Lipinski definition) is 1. The smallest absolute Gasteiger partial charge is 0.272 e. The van der Waals surface area contributed by atoms with Crippen LogP contribution in [0, 0.1) is 13.8 Å². The SMILES string of the molecule is Cc1csc(NC(=O)Cn2nc(C)cc2C(=O)N2CCOCC2)n1. The van der Waals surface area contributed by atoms with Crippen molar-refractivity contribution in [3.05, 3.63) is 28.5 Å². The first-order valence-corrected chi connectivity index (χ1v) is 8.54. The summed E-state index contributed by atoms with van der Waals surface area (Å²) in [6.07, 6.45) is 0. The lowest BCUT2D eigenvalue weighted by Gasteiger charge is -2.26. The van der Waals surface area contributed by atoms with Crippen LogP contribution in [-0.4, -0.2) is 57.8 Å². The van der Waals surface area contributed by atoms with Gasteiger partial charge in [0, 0.05) is 18.5 Å². The minimum atomic E-state index is -0.261. The van der Waals surface area contributed by atoms with E-state index in [1.54, 1.807) is 17.9 Å². The monoisotopic (exact) mass is 349 g/mol. The largest absolute Gasteiger partial charge is 0.378 e. The Labute approximate surface area is 143 Å². The number of aryl methyl sites for hydroxylation is 2. The molecule has 9 heteroatoms. The van der Waals surface area contributed by atoms with Gasteiger partial charge in [0.25, 0.3) is 5.91 Å². The van der Waals surface area contributed by atoms with Gasteiger partial charge in [-0.05, 0) is 19.9 Å². The van der Waals surface area contributed by atoms with Crippen molar-refractivity contribution in [2.24, 2.45) is 0 Å². The third-order valence-electron chi connectivity index (χ3n) is 3.58. The van der Waals surface area contributed by atoms with Gasteiger partial charge in [-0.15, -0.1) is 11.3 Å². The lowest BCUT2D eigenvalue weighted by Crippen LogP contribution is -2.41. The van der Waals surface area contributed by atoms with Gasteiger partial charge < -0.3 is 15.0 Å². The van der Waals surface area contributed by atoms with E-state index in [0.717, 1.165) is 5.69 Å². The Morgan fingerprint density at radius 2 is 2.04 bits per heavy atom. The number of rotatable bonds is 4. The normalized spacial score (nSPS) is 14.7. The second-order valence-electron chi connectivity index (χ2n) is 5.58. The molecule has 1 aliphatic rings. The zero-order valence-electron chi connectivity index (χ0n) is 13.6. The Hall–Kier alpha value is -2.26. The van der Waals surface area contributed by atoms with Gasteiger partial charge in [0.1, 0.15) is 12.2 Å². The quantitative estimate of drug-likeness (QED) is 0.892. The Morgan fingerprint density at radius 3 is 2.71 bits per heavy atom. The fourth-order valence-corrected chi connectivity index (χ4v) is 3.18. The number of hydrogen-bond acceptors (Lipinski definition) is 6. The zero-order chi connectivity index (χ0) is 17.1. The third-order valence-corrected chi connectivity index (χ3v) is 4.45. The molecule has 3 rings (SSSR count). The fourth-order valence-electron chi connectivity index (χ4n) is 2.47. The van der Waals surface area contributed by atoms with Crippen LogP contribution in [-0.2, 0) is 16.1 Å². The van der Waals surface area contributed by atoms with Gasteiger partial charge in [-0.25, -0.2) is 4.98 Å². The summed E-state index contributed by atoms with van der Waals surface area (Å²) in [5, 5.41) is 9.41. The van der Waals surface area contributed by atoms with Crippen LogP contribution in [0.1, 0.15) is 21.9 Å². The molecule has 1 saturated heterocycles. The molecule has 0 spiro atoms. The number of thiazole rings is 1. The summed E-state index contributed by atoms with van der Waals surface area (Å²) in [5.74, 6) is -0.389. The number of amides is 2. The highest BCUT2D eigenvalue weighted by molar-refractivity contribution is 7.13. The molecule has 0 saturated carbocycles. The van der Waals surface area contributed by atoms with Crippen molar-refractivity contribution in [1.29, 1.82) is 0 Å². The molecule has 128 valence electrons. The topological polar surface area (TPSA) is 89.4 Å². The van der Waals surface area contributed by atoms with E-state index in [4.69, 9.17) is 4.74 Å². The van der Waals surface area contributed by atoms with E-state index < -0.39 is 0 Å². The highest BCUT2D eigenvalue weighted by Crippen LogP contribution is 2.15. The van der Waals surface area contributed by atoms with E-state index in [9.17, 15) is 9.59 Å². The Kier molecular flexibility index (Phi) is 4.91. The number of aromatic nitrogens is 3. The molecule has 1 N–H and O–H groups in total. The van der Waals surface area contributed by atoms with E-state index >= 15 is 0 Å². The van der Waals surface area contributed by atoms with Crippen LogP contribution in [0.15, 0.2) is 11.4 Å². The molecule has 0 aromatic carbocycles. The molecule has 1 fully saturated rings. The van der Waals surface area contributed by atoms with Gasteiger partial charge in [-0.1, -0.05) is 0 Å². The third kappa shape index (κ3) is 3.80. The molecule has 0 bridgehead atoms. The zero-order valence-corrected chi connectivity index (χ0v) is 14.4. The lowest BCUT2D eigenvalue weighted by molar-refractivity contribution is -0.116. The van der Waals surface area contributed by atoms with Crippen molar-refractivity contribution in [2.45, 2.75) is 20.4 Å². The van der Waals surface area contributed by atoms with Crippen molar-refractivity contribution in [2.75, 3.05) is 31.6 Å². The van der Waals surface area contributed by atoms with Crippen LogP contribution >= 0.6 is 11.3 Å². The number of morpholine rings is 1. The molecule has 24 heavy (non-hydrogen) atoms. The van der Waals surface area contributed by atoms with Gasteiger partial charge >= 0.3 is 0 Å². The van der Waals surface area contributed by atoms with Crippen LogP contribution in [0.3, 0.4) is 0 Å². The average molecular weight is 349 g/mol. The molecule has 0 radical (unpaired) electrons. The minimum absolute atomic E-state index is 0.0299. The van der Waals surface area contributed by atoms with Crippen LogP contribution < -0.4 is 5.32 Å². The summed E-state index contributed by atoms with van der Waals surface area (Å²) >= 11 is 1.37. The van der Waals surface area contributed by atoms with E-state index in [0.29, 0.717) is 42.8 Å². The van der Waals surface area contributed by atoms with Crippen molar-refractivity contribution in [1.82, 2.24) is 19.7 Å². The summed E-state index contributed by atoms with van der Waals surface area (Å²) in [6, 6.07) is 1.71. The van der Waals surface area contributed by atoms with Gasteiger partial charge in [0.2, 0.25) is 5.91 Å². The van der Waals surface area contributed by atoms with Crippen LogP contribution in [0.2, 0.25) is 0 Å². The maximum atomic E-state index is 12.6. The maximum Gasteiger partial charge on any atom is 0.272 e. The van der Waals surface area contributed by atoms with Crippen LogP contribution in [0.25, 0.3) is 0 Å². The minimum Gasteiger partial charge on any atom is -0.378 e. The van der Waals surface area contributed by atoms with Crippen molar-refractivity contribution in [3.63, 3.8) is 0 Å². The van der Waals surface area contributed by atoms with Gasteiger partial charge in [-0.2, -0.15) is 5.10 Å². The van der Waals surface area contributed by atoms with Gasteiger partial charge in [0.05, 0.1) is 24.6 Å². The number of nitrogens with one attached hydrogen (secondary N) is 1. The molecule has 2 aromatic heterocycles. The molecule has 2 aromatic rings. The Balaban J connectivity index is 1.71. The van der Waals surface area contributed by atoms with Gasteiger partial charge in [0.15, 0.2) is 5.13 Å². The highest BCUT2D eigenvalue weighted by Gasteiger charge is 2.23. The molecular weight excluding hydrogens is 330 g/mol. The second kappa shape index (κ2) is 7.10. The first kappa shape index (κ1) is 16.6. The predicted octanol–water partition coefficient (Wildman–Crippen LogP) is 1.07. The summed E-state index contributed by atoms with van der Waals surface area (Å²) in [6.45, 7) is 5.79. The van der Waals surface area contributed by atoms with Crippen LogP contribution in [0.4, 0.5) is 5.13 Å². The molecule has 0 aliphatic carbocycles. The standard InChI is InChI=1S/C15H19N5O3S/c1-10-7-12(14(22)19-3-5-23-6-4-19)20(18-10)8-13(21)17-15-16-11(2)9-24-15/h7,9H,3-6,8H2,1-2H3,(H,16,17,21). The Morgan fingerprint density at radius 1 is 1.29 bits per heavy atom. The number of ether oxygens (including phenoxy) is 1.